The number of nitrogens with zero attached hydrogens (tertiary/aromatic N) is 1. The minimum atomic E-state index is 0.698. The molecule has 102 valence electrons. The van der Waals surface area contributed by atoms with Crippen LogP contribution in [0, 0.1) is 20.8 Å². The summed E-state index contributed by atoms with van der Waals surface area (Å²) < 4.78 is 0. The Morgan fingerprint density at radius 1 is 1.00 bits per heavy atom. The van der Waals surface area contributed by atoms with Crippen LogP contribution in [-0.2, 0) is 0 Å². The SMILES string of the molecule is CC.Cc1csc(C(C)C)c1.Cc1csc(C)n1. The van der Waals surface area contributed by atoms with Gasteiger partial charge < -0.3 is 0 Å². The van der Waals surface area contributed by atoms with Crippen LogP contribution in [0.4, 0.5) is 0 Å². The first-order valence-electron chi connectivity index (χ1n) is 6.42. The van der Waals surface area contributed by atoms with Crippen LogP contribution in [-0.4, -0.2) is 4.98 Å². The lowest BCUT2D eigenvalue weighted by Crippen LogP contribution is -1.77. The van der Waals surface area contributed by atoms with Crippen molar-refractivity contribution < 1.29 is 0 Å². The van der Waals surface area contributed by atoms with Gasteiger partial charge in [-0.15, -0.1) is 22.7 Å². The maximum Gasteiger partial charge on any atom is 0.0897 e. The Morgan fingerprint density at radius 3 is 1.78 bits per heavy atom. The fraction of sp³-hybridized carbons (Fsp3) is 0.533. The molecule has 0 spiro atoms. The highest BCUT2D eigenvalue weighted by atomic mass is 32.1. The molecule has 0 aliphatic carbocycles. The predicted octanol–water partition coefficient (Wildman–Crippen LogP) is 5.97. The second-order valence-electron chi connectivity index (χ2n) is 4.19. The molecular formula is C15H25NS2. The molecule has 1 nitrogen and oxygen atoms in total. The number of thiophene rings is 1. The molecule has 0 atom stereocenters. The van der Waals surface area contributed by atoms with Gasteiger partial charge in [0.1, 0.15) is 0 Å². The summed E-state index contributed by atoms with van der Waals surface area (Å²) in [5.41, 5.74) is 2.52. The first-order chi connectivity index (χ1) is 8.49. The number of hydrogen-bond acceptors (Lipinski definition) is 3. The van der Waals surface area contributed by atoms with Gasteiger partial charge in [0.25, 0.3) is 0 Å². The first kappa shape index (κ1) is 17.3. The molecule has 0 radical (unpaired) electrons. The topological polar surface area (TPSA) is 12.9 Å². The Kier molecular flexibility index (Phi) is 8.94. The van der Waals surface area contributed by atoms with Crippen LogP contribution < -0.4 is 0 Å². The molecule has 0 N–H and O–H groups in total. The molecule has 0 aromatic carbocycles. The van der Waals surface area contributed by atoms with Gasteiger partial charge in [-0.25, -0.2) is 4.98 Å². The van der Waals surface area contributed by atoms with Gasteiger partial charge in [-0.1, -0.05) is 27.7 Å². The molecule has 0 saturated heterocycles. The minimum absolute atomic E-state index is 0.698. The second kappa shape index (κ2) is 9.29. The molecule has 0 aliphatic heterocycles. The molecule has 0 saturated carbocycles. The molecule has 2 aromatic heterocycles. The van der Waals surface area contributed by atoms with Gasteiger partial charge in [0.15, 0.2) is 0 Å². The Bertz CT molecular complexity index is 411. The van der Waals surface area contributed by atoms with Gasteiger partial charge in [0, 0.05) is 16.0 Å². The van der Waals surface area contributed by atoms with Gasteiger partial charge in [0.2, 0.25) is 0 Å². The van der Waals surface area contributed by atoms with Crippen molar-refractivity contribution in [3.05, 3.63) is 38.0 Å². The molecule has 0 fully saturated rings. The van der Waals surface area contributed by atoms with Gasteiger partial charge in [-0.2, -0.15) is 0 Å². The monoisotopic (exact) mass is 283 g/mol. The van der Waals surface area contributed by atoms with E-state index in [1.54, 1.807) is 11.3 Å². The van der Waals surface area contributed by atoms with Gasteiger partial charge >= 0.3 is 0 Å². The van der Waals surface area contributed by atoms with E-state index in [1.165, 1.54) is 10.4 Å². The van der Waals surface area contributed by atoms with E-state index in [1.807, 2.05) is 39.0 Å². The van der Waals surface area contributed by atoms with E-state index in [0.717, 1.165) is 10.7 Å². The average Bonchev–Trinajstić information content (AvgIpc) is 2.91. The summed E-state index contributed by atoms with van der Waals surface area (Å²) >= 11 is 3.55. The molecule has 18 heavy (non-hydrogen) atoms. The van der Waals surface area contributed by atoms with Crippen molar-refractivity contribution in [2.45, 2.75) is 54.4 Å². The van der Waals surface area contributed by atoms with Gasteiger partial charge in [-0.3, -0.25) is 0 Å². The zero-order valence-corrected chi connectivity index (χ0v) is 14.2. The minimum Gasteiger partial charge on any atom is -0.247 e. The maximum atomic E-state index is 4.13. The van der Waals surface area contributed by atoms with Crippen molar-refractivity contribution in [1.82, 2.24) is 4.98 Å². The van der Waals surface area contributed by atoms with E-state index in [9.17, 15) is 0 Å². The molecule has 2 heterocycles. The zero-order valence-electron chi connectivity index (χ0n) is 12.6. The van der Waals surface area contributed by atoms with E-state index >= 15 is 0 Å². The van der Waals surface area contributed by atoms with E-state index < -0.39 is 0 Å². The standard InChI is InChI=1S/C8H12S.C5H7NS.C2H6/c1-6(2)8-4-7(3)5-9-8;1-4-3-7-5(2)6-4;1-2/h4-6H,1-3H3;3H,1-2H3;1-2H3. The lowest BCUT2D eigenvalue weighted by molar-refractivity contribution is 0.889. The Balaban J connectivity index is 0.000000289. The highest BCUT2D eigenvalue weighted by Gasteiger charge is 1.99. The molecule has 0 amide bonds. The molecule has 2 aromatic rings. The van der Waals surface area contributed by atoms with Gasteiger partial charge in [-0.05, 0) is 43.7 Å². The first-order valence-corrected chi connectivity index (χ1v) is 8.18. The predicted molar refractivity (Wildman–Crippen MR) is 86.1 cm³/mol. The largest absolute Gasteiger partial charge is 0.247 e. The highest BCUT2D eigenvalue weighted by Crippen LogP contribution is 2.21. The van der Waals surface area contributed by atoms with E-state index in [-0.39, 0.29) is 0 Å². The van der Waals surface area contributed by atoms with Crippen molar-refractivity contribution >= 4 is 22.7 Å². The fourth-order valence-corrected chi connectivity index (χ4v) is 2.73. The van der Waals surface area contributed by atoms with Crippen molar-refractivity contribution in [2.24, 2.45) is 0 Å². The molecule has 0 aliphatic rings. The normalized spacial score (nSPS) is 9.33. The molecule has 2 rings (SSSR count). The Labute approximate surface area is 120 Å². The third-order valence-electron chi connectivity index (χ3n) is 2.05. The van der Waals surface area contributed by atoms with Crippen LogP contribution in [0.25, 0.3) is 0 Å². The van der Waals surface area contributed by atoms with Crippen molar-refractivity contribution in [3.8, 4) is 0 Å². The molecule has 3 heteroatoms. The number of hydrogen-bond donors (Lipinski definition) is 0. The number of thiazole rings is 1. The Morgan fingerprint density at radius 2 is 1.61 bits per heavy atom. The average molecular weight is 284 g/mol. The van der Waals surface area contributed by atoms with Crippen LogP contribution in [0.1, 0.15) is 54.8 Å². The molecule has 0 unspecified atom stereocenters. The van der Waals surface area contributed by atoms with E-state index in [4.69, 9.17) is 0 Å². The smallest absolute Gasteiger partial charge is 0.0897 e. The van der Waals surface area contributed by atoms with Crippen molar-refractivity contribution in [2.75, 3.05) is 0 Å². The summed E-state index contributed by atoms with van der Waals surface area (Å²) in [5.74, 6) is 0.698. The highest BCUT2D eigenvalue weighted by molar-refractivity contribution is 7.10. The summed E-state index contributed by atoms with van der Waals surface area (Å²) in [6.07, 6.45) is 0. The summed E-state index contributed by atoms with van der Waals surface area (Å²) in [5, 5.41) is 5.41. The summed E-state index contributed by atoms with van der Waals surface area (Å²) in [6, 6.07) is 2.26. The quantitative estimate of drug-likeness (QED) is 0.628. The van der Waals surface area contributed by atoms with E-state index in [0.29, 0.717) is 5.92 Å². The lowest BCUT2D eigenvalue weighted by atomic mass is 10.2. The number of aryl methyl sites for hydroxylation is 3. The number of aromatic nitrogens is 1. The van der Waals surface area contributed by atoms with Crippen molar-refractivity contribution in [3.63, 3.8) is 0 Å². The van der Waals surface area contributed by atoms with Crippen LogP contribution in [0.2, 0.25) is 0 Å². The summed E-state index contributed by atoms with van der Waals surface area (Å²) in [4.78, 5) is 5.62. The lowest BCUT2D eigenvalue weighted by Gasteiger charge is -1.96. The summed E-state index contributed by atoms with van der Waals surface area (Å²) in [7, 11) is 0. The van der Waals surface area contributed by atoms with Gasteiger partial charge in [0.05, 0.1) is 5.01 Å². The summed E-state index contributed by atoms with van der Waals surface area (Å²) in [6.45, 7) is 14.6. The van der Waals surface area contributed by atoms with Crippen LogP contribution in [0.15, 0.2) is 16.8 Å². The number of rotatable bonds is 1. The van der Waals surface area contributed by atoms with Crippen molar-refractivity contribution in [1.29, 1.82) is 0 Å². The Hall–Kier alpha value is -0.670. The third-order valence-corrected chi connectivity index (χ3v) is 4.30. The fourth-order valence-electron chi connectivity index (χ4n) is 1.23. The third kappa shape index (κ3) is 6.92. The molecule has 0 bridgehead atoms. The van der Waals surface area contributed by atoms with Crippen LogP contribution in [0.3, 0.4) is 0 Å². The van der Waals surface area contributed by atoms with Crippen LogP contribution in [0.5, 0.6) is 0 Å². The van der Waals surface area contributed by atoms with E-state index in [2.05, 4.69) is 42.6 Å². The maximum absolute atomic E-state index is 4.13. The zero-order chi connectivity index (χ0) is 14.1. The second-order valence-corrected chi connectivity index (χ2v) is 6.19. The van der Waals surface area contributed by atoms with Crippen LogP contribution >= 0.6 is 22.7 Å². The molecular weight excluding hydrogens is 258 g/mol.